The Kier molecular flexibility index (Phi) is 5.59. The normalized spacial score (nSPS) is 15.6. The smallest absolute Gasteiger partial charge is 0.270 e. The molecule has 0 aliphatic carbocycles. The molecule has 0 aromatic heterocycles. The second kappa shape index (κ2) is 7.89. The molecule has 2 aromatic carbocycles. The predicted octanol–water partition coefficient (Wildman–Crippen LogP) is 5.27. The van der Waals surface area contributed by atoms with Gasteiger partial charge < -0.3 is 4.74 Å². The monoisotopic (exact) mass is 381 g/mol. The highest BCUT2D eigenvalue weighted by molar-refractivity contribution is 8.27. The van der Waals surface area contributed by atoms with Gasteiger partial charge in [0.05, 0.1) is 10.6 Å². The van der Waals surface area contributed by atoms with E-state index in [1.165, 1.54) is 17.3 Å². The Hall–Kier alpha value is -2.37. The van der Waals surface area contributed by atoms with Gasteiger partial charge in [-0.15, -0.1) is 0 Å². The summed E-state index contributed by atoms with van der Waals surface area (Å²) in [6, 6.07) is 13.5. The first-order valence-electron chi connectivity index (χ1n) is 8.18. The van der Waals surface area contributed by atoms with Crippen LogP contribution >= 0.6 is 24.0 Å². The molecule has 0 saturated carbocycles. The number of ether oxygens (including phenoxy) is 1. The van der Waals surface area contributed by atoms with E-state index in [4.69, 9.17) is 17.0 Å². The first-order chi connectivity index (χ1) is 12.5. The highest BCUT2D eigenvalue weighted by Crippen LogP contribution is 2.36. The summed E-state index contributed by atoms with van der Waals surface area (Å²) in [7, 11) is 0. The molecule has 3 nitrogen and oxygen atoms in total. The summed E-state index contributed by atoms with van der Waals surface area (Å²) in [5.74, 6) is 0.681. The van der Waals surface area contributed by atoms with Gasteiger partial charge in [0, 0.05) is 0 Å². The summed E-state index contributed by atoms with van der Waals surface area (Å²) in [5.41, 5.74) is 4.06. The van der Waals surface area contributed by atoms with Crippen LogP contribution in [0, 0.1) is 13.8 Å². The number of nitrogens with zero attached hydrogens (tertiary/aromatic N) is 1. The van der Waals surface area contributed by atoms with Crippen molar-refractivity contribution >= 4 is 46.0 Å². The minimum absolute atomic E-state index is 0.0877. The average Bonchev–Trinajstić information content (AvgIpc) is 2.90. The molecule has 1 aliphatic rings. The molecule has 1 saturated heterocycles. The maximum Gasteiger partial charge on any atom is 0.270 e. The Morgan fingerprint density at radius 1 is 1.15 bits per heavy atom. The van der Waals surface area contributed by atoms with Gasteiger partial charge in [0.25, 0.3) is 5.91 Å². The molecule has 0 bridgehead atoms. The zero-order valence-corrected chi connectivity index (χ0v) is 16.3. The van der Waals surface area contributed by atoms with Gasteiger partial charge in [0.15, 0.2) is 4.32 Å². The van der Waals surface area contributed by atoms with Crippen molar-refractivity contribution < 1.29 is 9.53 Å². The Morgan fingerprint density at radius 3 is 2.54 bits per heavy atom. The van der Waals surface area contributed by atoms with Gasteiger partial charge in [-0.1, -0.05) is 54.8 Å². The lowest BCUT2D eigenvalue weighted by Crippen LogP contribution is -2.27. The summed E-state index contributed by atoms with van der Waals surface area (Å²) < 4.78 is 6.03. The van der Waals surface area contributed by atoms with Crippen LogP contribution < -0.4 is 9.64 Å². The van der Waals surface area contributed by atoms with Crippen molar-refractivity contribution in [1.29, 1.82) is 0 Å². The summed E-state index contributed by atoms with van der Waals surface area (Å²) in [6.07, 6.45) is 3.56. The first-order valence-corrected chi connectivity index (χ1v) is 9.41. The van der Waals surface area contributed by atoms with Crippen LogP contribution in [-0.4, -0.2) is 16.8 Å². The number of thioether (sulfide) groups is 1. The zero-order valence-electron chi connectivity index (χ0n) is 14.7. The van der Waals surface area contributed by atoms with E-state index in [2.05, 4.69) is 6.58 Å². The number of anilines is 1. The molecule has 1 amide bonds. The molecule has 5 heteroatoms. The van der Waals surface area contributed by atoms with E-state index < -0.39 is 0 Å². The molecular weight excluding hydrogens is 362 g/mol. The molecule has 0 unspecified atom stereocenters. The van der Waals surface area contributed by atoms with Gasteiger partial charge in [-0.25, -0.2) is 0 Å². The fourth-order valence-electron chi connectivity index (χ4n) is 2.52. The average molecular weight is 382 g/mol. The second-order valence-corrected chi connectivity index (χ2v) is 7.63. The number of carbonyl (C=O) groups is 1. The van der Waals surface area contributed by atoms with Crippen molar-refractivity contribution in [3.63, 3.8) is 0 Å². The van der Waals surface area contributed by atoms with E-state index in [0.717, 1.165) is 22.6 Å². The number of benzene rings is 2. The molecule has 1 aliphatic heterocycles. The van der Waals surface area contributed by atoms with Crippen molar-refractivity contribution in [3.05, 3.63) is 76.7 Å². The third-order valence-electron chi connectivity index (χ3n) is 4.09. The molecule has 3 rings (SSSR count). The van der Waals surface area contributed by atoms with Crippen LogP contribution in [0.25, 0.3) is 6.08 Å². The SMILES string of the molecule is C=CCOc1ccc(C=C2SC(=S)N(c3ccc(C)c(C)c3)C2=O)cc1. The van der Waals surface area contributed by atoms with E-state index in [1.54, 1.807) is 11.0 Å². The van der Waals surface area contributed by atoms with E-state index in [9.17, 15) is 4.79 Å². The summed E-state index contributed by atoms with van der Waals surface area (Å²) in [5, 5.41) is 0. The first kappa shape index (κ1) is 18.4. The second-order valence-electron chi connectivity index (χ2n) is 5.95. The Morgan fingerprint density at radius 2 is 1.88 bits per heavy atom. The third kappa shape index (κ3) is 3.89. The Balaban J connectivity index is 1.82. The van der Waals surface area contributed by atoms with Crippen molar-refractivity contribution in [2.75, 3.05) is 11.5 Å². The molecule has 0 radical (unpaired) electrons. The number of thiocarbonyl (C=S) groups is 1. The van der Waals surface area contributed by atoms with E-state index >= 15 is 0 Å². The minimum Gasteiger partial charge on any atom is -0.490 e. The predicted molar refractivity (Wildman–Crippen MR) is 114 cm³/mol. The van der Waals surface area contributed by atoms with Crippen LogP contribution in [0.4, 0.5) is 5.69 Å². The minimum atomic E-state index is -0.0877. The quantitative estimate of drug-likeness (QED) is 0.401. The number of rotatable bonds is 5. The number of amides is 1. The van der Waals surface area contributed by atoms with Gasteiger partial charge in [-0.05, 0) is 60.9 Å². The lowest BCUT2D eigenvalue weighted by atomic mass is 10.1. The zero-order chi connectivity index (χ0) is 18.7. The molecule has 1 fully saturated rings. The van der Waals surface area contributed by atoms with Gasteiger partial charge in [-0.3, -0.25) is 9.69 Å². The van der Waals surface area contributed by atoms with Crippen molar-refractivity contribution in [2.24, 2.45) is 0 Å². The molecule has 1 heterocycles. The van der Waals surface area contributed by atoms with E-state index in [0.29, 0.717) is 15.8 Å². The van der Waals surface area contributed by atoms with Crippen molar-refractivity contribution in [1.82, 2.24) is 0 Å². The van der Waals surface area contributed by atoms with Gasteiger partial charge in [0.2, 0.25) is 0 Å². The topological polar surface area (TPSA) is 29.5 Å². The van der Waals surface area contributed by atoms with Crippen molar-refractivity contribution in [2.45, 2.75) is 13.8 Å². The number of carbonyl (C=O) groups excluding carboxylic acids is 1. The summed E-state index contributed by atoms with van der Waals surface area (Å²) in [4.78, 5) is 15.1. The third-order valence-corrected chi connectivity index (χ3v) is 5.39. The molecule has 0 atom stereocenters. The standard InChI is InChI=1S/C21H19NO2S2/c1-4-11-24-18-9-6-16(7-10-18)13-19-20(23)22(21(25)26-19)17-8-5-14(2)15(3)12-17/h4-10,12-13H,1,11H2,2-3H3. The molecule has 2 aromatic rings. The van der Waals surface area contributed by atoms with Gasteiger partial charge >= 0.3 is 0 Å². The summed E-state index contributed by atoms with van der Waals surface area (Å²) in [6.45, 7) is 8.17. The van der Waals surface area contributed by atoms with E-state index in [1.807, 2.05) is 62.4 Å². The fourth-order valence-corrected chi connectivity index (χ4v) is 3.82. The van der Waals surface area contributed by atoms with Crippen LogP contribution in [0.15, 0.2) is 60.0 Å². The lowest BCUT2D eigenvalue weighted by Gasteiger charge is -2.15. The lowest BCUT2D eigenvalue weighted by molar-refractivity contribution is -0.113. The fraction of sp³-hybridized carbons (Fsp3) is 0.143. The van der Waals surface area contributed by atoms with Gasteiger partial charge in [-0.2, -0.15) is 0 Å². The summed E-state index contributed by atoms with van der Waals surface area (Å²) >= 11 is 6.76. The highest BCUT2D eigenvalue weighted by Gasteiger charge is 2.33. The molecule has 132 valence electrons. The Labute approximate surface area is 163 Å². The molecular formula is C21H19NO2S2. The largest absolute Gasteiger partial charge is 0.490 e. The maximum absolute atomic E-state index is 12.8. The molecule has 0 spiro atoms. The molecule has 26 heavy (non-hydrogen) atoms. The van der Waals surface area contributed by atoms with Crippen LogP contribution in [0.3, 0.4) is 0 Å². The van der Waals surface area contributed by atoms with Crippen LogP contribution in [0.5, 0.6) is 5.75 Å². The Bertz CT molecular complexity index is 901. The van der Waals surface area contributed by atoms with Crippen LogP contribution in [-0.2, 0) is 4.79 Å². The molecule has 0 N–H and O–H groups in total. The van der Waals surface area contributed by atoms with Crippen LogP contribution in [0.1, 0.15) is 16.7 Å². The van der Waals surface area contributed by atoms with Gasteiger partial charge in [0.1, 0.15) is 12.4 Å². The number of hydrogen-bond donors (Lipinski definition) is 0. The van der Waals surface area contributed by atoms with Crippen LogP contribution in [0.2, 0.25) is 0 Å². The van der Waals surface area contributed by atoms with Crippen molar-refractivity contribution in [3.8, 4) is 5.75 Å². The highest BCUT2D eigenvalue weighted by atomic mass is 32.2. The van der Waals surface area contributed by atoms with E-state index in [-0.39, 0.29) is 5.91 Å². The maximum atomic E-state index is 12.8. The number of hydrogen-bond acceptors (Lipinski definition) is 4. The number of aryl methyl sites for hydroxylation is 2.